The summed E-state index contributed by atoms with van der Waals surface area (Å²) < 4.78 is 0. The molecule has 1 saturated heterocycles. The number of benzene rings is 1. The smallest absolute Gasteiger partial charge is 0.136 e. The van der Waals surface area contributed by atoms with Crippen molar-refractivity contribution in [1.82, 2.24) is 4.90 Å². The molecule has 1 fully saturated rings. The van der Waals surface area contributed by atoms with Gasteiger partial charge in [0, 0.05) is 5.02 Å². The molecule has 1 heterocycles. The van der Waals surface area contributed by atoms with Crippen LogP contribution < -0.4 is 5.73 Å². The van der Waals surface area contributed by atoms with Gasteiger partial charge < -0.3 is 15.4 Å². The predicted octanol–water partition coefficient (Wildman–Crippen LogP) is 3.07. The molecule has 116 valence electrons. The average Bonchev–Trinajstić information content (AvgIpc) is 2.53. The van der Waals surface area contributed by atoms with Crippen LogP contribution in [0.5, 0.6) is 0 Å². The summed E-state index contributed by atoms with van der Waals surface area (Å²) in [6.45, 7) is 5.34. The summed E-state index contributed by atoms with van der Waals surface area (Å²) in [5.74, 6) is 0.907. The van der Waals surface area contributed by atoms with Crippen LogP contribution in [0, 0.1) is 5.92 Å². The van der Waals surface area contributed by atoms with E-state index in [0.717, 1.165) is 37.4 Å². The number of hydrogen-bond donors (Lipinski definition) is 1. The van der Waals surface area contributed by atoms with Gasteiger partial charge in [-0.05, 0) is 68.4 Å². The first-order valence-corrected chi connectivity index (χ1v) is 8.16. The van der Waals surface area contributed by atoms with Crippen LogP contribution in [-0.4, -0.2) is 36.9 Å². The van der Waals surface area contributed by atoms with Crippen molar-refractivity contribution in [3.63, 3.8) is 0 Å². The van der Waals surface area contributed by atoms with Gasteiger partial charge >= 0.3 is 0 Å². The van der Waals surface area contributed by atoms with E-state index in [1.165, 1.54) is 18.4 Å². The van der Waals surface area contributed by atoms with Gasteiger partial charge in [-0.1, -0.05) is 30.7 Å². The molecule has 0 aliphatic carbocycles. The predicted molar refractivity (Wildman–Crippen MR) is 87.7 cm³/mol. The van der Waals surface area contributed by atoms with Crippen LogP contribution in [0.25, 0.3) is 0 Å². The van der Waals surface area contributed by atoms with Crippen LogP contribution in [0.3, 0.4) is 0 Å². The summed E-state index contributed by atoms with van der Waals surface area (Å²) in [6.07, 6.45) is 4.23. The molecule has 0 spiro atoms. The van der Waals surface area contributed by atoms with Gasteiger partial charge in [0.15, 0.2) is 0 Å². The zero-order valence-corrected chi connectivity index (χ0v) is 13.4. The number of carbonyl (C=O) groups excluding carboxylic acids is 1. The summed E-state index contributed by atoms with van der Waals surface area (Å²) in [4.78, 5) is 13.2. The lowest BCUT2D eigenvalue weighted by molar-refractivity contribution is -0.109. The summed E-state index contributed by atoms with van der Waals surface area (Å²) in [5, 5.41) is 0.802. The average molecular weight is 309 g/mol. The Hall–Kier alpha value is -0.900. The minimum absolute atomic E-state index is 0.261. The number of aldehydes is 1. The topological polar surface area (TPSA) is 46.3 Å². The molecule has 0 aromatic heterocycles. The number of nitrogens with zero attached hydrogens (tertiary/aromatic N) is 1. The maximum atomic E-state index is 10.7. The second-order valence-electron chi connectivity index (χ2n) is 6.15. The van der Waals surface area contributed by atoms with Gasteiger partial charge in [0.05, 0.1) is 6.04 Å². The van der Waals surface area contributed by atoms with Crippen LogP contribution in [-0.2, 0) is 4.79 Å². The zero-order chi connectivity index (χ0) is 15.2. The van der Waals surface area contributed by atoms with Gasteiger partial charge in [0.2, 0.25) is 0 Å². The van der Waals surface area contributed by atoms with E-state index in [4.69, 9.17) is 17.3 Å². The van der Waals surface area contributed by atoms with Crippen molar-refractivity contribution >= 4 is 17.9 Å². The minimum atomic E-state index is -0.323. The number of halogens is 1. The first-order valence-electron chi connectivity index (χ1n) is 7.79. The third kappa shape index (κ3) is 4.80. The van der Waals surface area contributed by atoms with E-state index in [9.17, 15) is 4.79 Å². The highest BCUT2D eigenvalue weighted by Crippen LogP contribution is 2.29. The van der Waals surface area contributed by atoms with Gasteiger partial charge in [-0.2, -0.15) is 0 Å². The zero-order valence-electron chi connectivity index (χ0n) is 12.7. The monoisotopic (exact) mass is 308 g/mol. The summed E-state index contributed by atoms with van der Waals surface area (Å²) in [5.41, 5.74) is 7.14. The molecule has 0 amide bonds. The highest BCUT2D eigenvalue weighted by molar-refractivity contribution is 6.30. The first kappa shape index (κ1) is 16.5. The van der Waals surface area contributed by atoms with Crippen LogP contribution in [0.2, 0.25) is 5.02 Å². The highest BCUT2D eigenvalue weighted by Gasteiger charge is 2.21. The molecule has 1 aromatic rings. The third-order valence-electron chi connectivity index (χ3n) is 4.64. The second-order valence-corrected chi connectivity index (χ2v) is 6.58. The molecule has 1 aromatic carbocycles. The summed E-state index contributed by atoms with van der Waals surface area (Å²) in [7, 11) is 0. The number of carbonyl (C=O) groups is 1. The SMILES string of the molecule is C[C@H](CCN1CCC(c2ccc(Cl)cc2)CC1)[C@@H](N)C=O. The summed E-state index contributed by atoms with van der Waals surface area (Å²) >= 11 is 5.94. The normalized spacial score (nSPS) is 20.1. The number of nitrogens with two attached hydrogens (primary N) is 1. The lowest BCUT2D eigenvalue weighted by Crippen LogP contribution is -2.37. The van der Waals surface area contributed by atoms with Crippen molar-refractivity contribution < 1.29 is 4.79 Å². The van der Waals surface area contributed by atoms with E-state index in [1.54, 1.807) is 0 Å². The standard InChI is InChI=1S/C17H25ClN2O/c1-13(17(19)12-21)6-9-20-10-7-15(8-11-20)14-2-4-16(18)5-3-14/h2-5,12-13,15,17H,6-11,19H2,1H3/t13-,17+/m1/s1. The minimum Gasteiger partial charge on any atom is -0.322 e. The number of hydrogen-bond acceptors (Lipinski definition) is 3. The van der Waals surface area contributed by atoms with Crippen LogP contribution >= 0.6 is 11.6 Å². The molecule has 2 rings (SSSR count). The fourth-order valence-electron chi connectivity index (χ4n) is 2.94. The molecular weight excluding hydrogens is 284 g/mol. The van der Waals surface area contributed by atoms with Crippen molar-refractivity contribution in [1.29, 1.82) is 0 Å². The molecule has 21 heavy (non-hydrogen) atoms. The van der Waals surface area contributed by atoms with Crippen molar-refractivity contribution in [2.75, 3.05) is 19.6 Å². The molecule has 1 aliphatic heterocycles. The Morgan fingerprint density at radius 3 is 2.52 bits per heavy atom. The maximum Gasteiger partial charge on any atom is 0.136 e. The quantitative estimate of drug-likeness (QED) is 0.822. The van der Waals surface area contributed by atoms with E-state index in [-0.39, 0.29) is 12.0 Å². The molecule has 4 heteroatoms. The van der Waals surface area contributed by atoms with Gasteiger partial charge in [-0.15, -0.1) is 0 Å². The van der Waals surface area contributed by atoms with Crippen LogP contribution in [0.1, 0.15) is 37.7 Å². The molecule has 0 unspecified atom stereocenters. The molecule has 0 radical (unpaired) electrons. The Balaban J connectivity index is 1.75. The third-order valence-corrected chi connectivity index (χ3v) is 4.90. The summed E-state index contributed by atoms with van der Waals surface area (Å²) in [6, 6.07) is 7.93. The maximum absolute atomic E-state index is 10.7. The molecule has 0 bridgehead atoms. The van der Waals surface area contributed by atoms with E-state index in [2.05, 4.69) is 24.0 Å². The Labute approximate surface area is 132 Å². The fourth-order valence-corrected chi connectivity index (χ4v) is 3.06. The highest BCUT2D eigenvalue weighted by atomic mass is 35.5. The molecular formula is C17H25ClN2O. The van der Waals surface area contributed by atoms with Gasteiger partial charge in [-0.3, -0.25) is 0 Å². The number of likely N-dealkylation sites (tertiary alicyclic amines) is 1. The van der Waals surface area contributed by atoms with Gasteiger partial charge in [-0.25, -0.2) is 0 Å². The van der Waals surface area contributed by atoms with Crippen LogP contribution in [0.15, 0.2) is 24.3 Å². The first-order chi connectivity index (χ1) is 10.1. The number of piperidine rings is 1. The Morgan fingerprint density at radius 2 is 1.95 bits per heavy atom. The van der Waals surface area contributed by atoms with E-state index < -0.39 is 0 Å². The van der Waals surface area contributed by atoms with Gasteiger partial charge in [0.1, 0.15) is 6.29 Å². The molecule has 2 N–H and O–H groups in total. The van der Waals surface area contributed by atoms with Gasteiger partial charge in [0.25, 0.3) is 0 Å². The Bertz CT molecular complexity index is 441. The number of rotatable bonds is 6. The van der Waals surface area contributed by atoms with E-state index in [1.807, 2.05) is 12.1 Å². The lowest BCUT2D eigenvalue weighted by atomic mass is 9.89. The fraction of sp³-hybridized carbons (Fsp3) is 0.588. The molecule has 1 aliphatic rings. The molecule has 0 saturated carbocycles. The Morgan fingerprint density at radius 1 is 1.33 bits per heavy atom. The lowest BCUT2D eigenvalue weighted by Gasteiger charge is -2.33. The largest absolute Gasteiger partial charge is 0.322 e. The van der Waals surface area contributed by atoms with E-state index in [0.29, 0.717) is 5.92 Å². The van der Waals surface area contributed by atoms with Crippen molar-refractivity contribution in [3.8, 4) is 0 Å². The van der Waals surface area contributed by atoms with Crippen molar-refractivity contribution in [2.45, 2.75) is 38.1 Å². The van der Waals surface area contributed by atoms with Crippen molar-refractivity contribution in [2.24, 2.45) is 11.7 Å². The van der Waals surface area contributed by atoms with Crippen molar-refractivity contribution in [3.05, 3.63) is 34.9 Å². The van der Waals surface area contributed by atoms with Crippen LogP contribution in [0.4, 0.5) is 0 Å². The second kappa shape index (κ2) is 7.92. The molecule has 2 atom stereocenters. The molecule has 3 nitrogen and oxygen atoms in total. The Kier molecular flexibility index (Phi) is 6.22. The van der Waals surface area contributed by atoms with E-state index >= 15 is 0 Å².